The molecule has 1 aromatic carbocycles. The van der Waals surface area contributed by atoms with E-state index in [1.807, 2.05) is 0 Å². The molecule has 0 saturated heterocycles. The molecule has 0 aliphatic carbocycles. The molecular weight excluding hydrogens is 134 g/mol. The maximum absolute atomic E-state index is 5.51. The molecule has 0 heterocycles. The van der Waals surface area contributed by atoms with Gasteiger partial charge in [0.25, 0.3) is 0 Å². The lowest BCUT2D eigenvalue weighted by molar-refractivity contribution is 1.04. The largest absolute Gasteiger partial charge is 0.326 e. The molecule has 0 aliphatic rings. The number of nitrogens with two attached hydrogens (primary N) is 1. The van der Waals surface area contributed by atoms with Crippen LogP contribution in [-0.2, 0) is 13.0 Å². The minimum absolute atomic E-state index is 0.644. The van der Waals surface area contributed by atoms with Crippen LogP contribution in [-0.4, -0.2) is 0 Å². The fourth-order valence-electron chi connectivity index (χ4n) is 1.28. The maximum Gasteiger partial charge on any atom is 0.0178 e. The first-order valence-corrected chi connectivity index (χ1v) is 4.06. The highest BCUT2D eigenvalue weighted by Gasteiger charge is 1.95. The van der Waals surface area contributed by atoms with Gasteiger partial charge in [-0.3, -0.25) is 0 Å². The Bertz CT molecular complexity index is 241. The quantitative estimate of drug-likeness (QED) is 0.684. The SMILES string of the molecule is CCc1ccc(CN)cc1C. The fourth-order valence-corrected chi connectivity index (χ4v) is 1.28. The zero-order chi connectivity index (χ0) is 8.27. The van der Waals surface area contributed by atoms with Crippen LogP contribution in [0.15, 0.2) is 18.2 Å². The van der Waals surface area contributed by atoms with Crippen molar-refractivity contribution < 1.29 is 0 Å². The van der Waals surface area contributed by atoms with Crippen molar-refractivity contribution in [3.05, 3.63) is 34.9 Å². The Morgan fingerprint density at radius 1 is 1.36 bits per heavy atom. The molecule has 0 bridgehead atoms. The standard InChI is InChI=1S/C10H15N/c1-3-10-5-4-9(7-11)6-8(10)2/h4-6H,3,7,11H2,1-2H3. The monoisotopic (exact) mass is 149 g/mol. The van der Waals surface area contributed by atoms with E-state index in [1.165, 1.54) is 16.7 Å². The lowest BCUT2D eigenvalue weighted by atomic mass is 10.0. The number of hydrogen-bond donors (Lipinski definition) is 1. The van der Waals surface area contributed by atoms with E-state index in [0.29, 0.717) is 6.54 Å². The van der Waals surface area contributed by atoms with Crippen LogP contribution in [0.2, 0.25) is 0 Å². The van der Waals surface area contributed by atoms with Crippen molar-refractivity contribution >= 4 is 0 Å². The fraction of sp³-hybridized carbons (Fsp3) is 0.400. The summed E-state index contributed by atoms with van der Waals surface area (Å²) >= 11 is 0. The maximum atomic E-state index is 5.51. The molecule has 1 nitrogen and oxygen atoms in total. The smallest absolute Gasteiger partial charge is 0.0178 e. The molecule has 0 aromatic heterocycles. The second kappa shape index (κ2) is 3.54. The van der Waals surface area contributed by atoms with Gasteiger partial charge in [-0.05, 0) is 30.0 Å². The molecule has 0 atom stereocenters. The minimum atomic E-state index is 0.644. The summed E-state index contributed by atoms with van der Waals surface area (Å²) in [5.74, 6) is 0. The molecule has 0 radical (unpaired) electrons. The second-order valence-electron chi connectivity index (χ2n) is 2.82. The van der Waals surface area contributed by atoms with E-state index < -0.39 is 0 Å². The highest BCUT2D eigenvalue weighted by Crippen LogP contribution is 2.10. The summed E-state index contributed by atoms with van der Waals surface area (Å²) in [6, 6.07) is 6.43. The number of benzene rings is 1. The van der Waals surface area contributed by atoms with Gasteiger partial charge >= 0.3 is 0 Å². The normalized spacial score (nSPS) is 10.1. The van der Waals surface area contributed by atoms with E-state index in [2.05, 4.69) is 32.0 Å². The van der Waals surface area contributed by atoms with Crippen molar-refractivity contribution in [2.75, 3.05) is 0 Å². The van der Waals surface area contributed by atoms with Gasteiger partial charge in [-0.1, -0.05) is 25.1 Å². The lowest BCUT2D eigenvalue weighted by Gasteiger charge is -2.04. The Balaban J connectivity index is 2.99. The van der Waals surface area contributed by atoms with Crippen molar-refractivity contribution in [3.8, 4) is 0 Å². The third-order valence-electron chi connectivity index (χ3n) is 2.02. The molecule has 1 heteroatoms. The van der Waals surface area contributed by atoms with Gasteiger partial charge in [0.05, 0.1) is 0 Å². The summed E-state index contributed by atoms with van der Waals surface area (Å²) < 4.78 is 0. The molecule has 0 amide bonds. The van der Waals surface area contributed by atoms with Crippen molar-refractivity contribution in [2.24, 2.45) is 5.73 Å². The van der Waals surface area contributed by atoms with E-state index in [-0.39, 0.29) is 0 Å². The predicted octanol–water partition coefficient (Wildman–Crippen LogP) is 2.02. The van der Waals surface area contributed by atoms with Crippen molar-refractivity contribution in [3.63, 3.8) is 0 Å². The Kier molecular flexibility index (Phi) is 2.66. The number of rotatable bonds is 2. The highest BCUT2D eigenvalue weighted by atomic mass is 14.5. The van der Waals surface area contributed by atoms with Gasteiger partial charge in [0.15, 0.2) is 0 Å². The van der Waals surface area contributed by atoms with Crippen LogP contribution in [0.1, 0.15) is 23.6 Å². The first-order valence-electron chi connectivity index (χ1n) is 4.06. The molecule has 2 N–H and O–H groups in total. The summed E-state index contributed by atoms with van der Waals surface area (Å²) in [6.45, 7) is 4.95. The highest BCUT2D eigenvalue weighted by molar-refractivity contribution is 5.30. The second-order valence-corrected chi connectivity index (χ2v) is 2.82. The predicted molar refractivity (Wildman–Crippen MR) is 48.4 cm³/mol. The van der Waals surface area contributed by atoms with E-state index in [4.69, 9.17) is 5.73 Å². The van der Waals surface area contributed by atoms with Crippen molar-refractivity contribution in [1.82, 2.24) is 0 Å². The Labute approximate surface area is 68.2 Å². The molecule has 0 spiro atoms. The van der Waals surface area contributed by atoms with Gasteiger partial charge < -0.3 is 5.73 Å². The molecule has 1 aromatic rings. The zero-order valence-electron chi connectivity index (χ0n) is 7.22. The zero-order valence-corrected chi connectivity index (χ0v) is 7.22. The van der Waals surface area contributed by atoms with E-state index in [9.17, 15) is 0 Å². The van der Waals surface area contributed by atoms with Crippen LogP contribution >= 0.6 is 0 Å². The average Bonchev–Trinajstić information content (AvgIpc) is 2.04. The van der Waals surface area contributed by atoms with E-state index >= 15 is 0 Å². The van der Waals surface area contributed by atoms with Crippen molar-refractivity contribution in [2.45, 2.75) is 26.8 Å². The molecular formula is C10H15N. The first kappa shape index (κ1) is 8.28. The molecule has 0 saturated carbocycles. The van der Waals surface area contributed by atoms with Crippen LogP contribution in [0.25, 0.3) is 0 Å². The van der Waals surface area contributed by atoms with Gasteiger partial charge in [-0.25, -0.2) is 0 Å². The Morgan fingerprint density at radius 2 is 2.09 bits per heavy atom. The third-order valence-corrected chi connectivity index (χ3v) is 2.02. The molecule has 60 valence electrons. The van der Waals surface area contributed by atoms with Gasteiger partial charge in [0.2, 0.25) is 0 Å². The number of hydrogen-bond acceptors (Lipinski definition) is 1. The van der Waals surface area contributed by atoms with Gasteiger partial charge in [0.1, 0.15) is 0 Å². The van der Waals surface area contributed by atoms with Crippen LogP contribution in [0.3, 0.4) is 0 Å². The van der Waals surface area contributed by atoms with Crippen LogP contribution < -0.4 is 5.73 Å². The molecule has 1 rings (SSSR count). The summed E-state index contributed by atoms with van der Waals surface area (Å²) in [5, 5.41) is 0. The Hall–Kier alpha value is -0.820. The van der Waals surface area contributed by atoms with Gasteiger partial charge in [0, 0.05) is 6.54 Å². The summed E-state index contributed by atoms with van der Waals surface area (Å²) in [7, 11) is 0. The van der Waals surface area contributed by atoms with Crippen LogP contribution in [0.4, 0.5) is 0 Å². The average molecular weight is 149 g/mol. The molecule has 0 aliphatic heterocycles. The number of aryl methyl sites for hydroxylation is 2. The van der Waals surface area contributed by atoms with E-state index in [1.54, 1.807) is 0 Å². The van der Waals surface area contributed by atoms with E-state index in [0.717, 1.165) is 6.42 Å². The molecule has 0 unspecified atom stereocenters. The lowest BCUT2D eigenvalue weighted by Crippen LogP contribution is -1.97. The molecule has 11 heavy (non-hydrogen) atoms. The summed E-state index contributed by atoms with van der Waals surface area (Å²) in [5.41, 5.74) is 9.51. The topological polar surface area (TPSA) is 26.0 Å². The van der Waals surface area contributed by atoms with Crippen LogP contribution in [0, 0.1) is 6.92 Å². The molecule has 0 fully saturated rings. The Morgan fingerprint density at radius 3 is 2.55 bits per heavy atom. The van der Waals surface area contributed by atoms with Crippen molar-refractivity contribution in [1.29, 1.82) is 0 Å². The van der Waals surface area contributed by atoms with Crippen LogP contribution in [0.5, 0.6) is 0 Å². The first-order chi connectivity index (χ1) is 5.27. The minimum Gasteiger partial charge on any atom is -0.326 e. The summed E-state index contributed by atoms with van der Waals surface area (Å²) in [6.07, 6.45) is 1.11. The van der Waals surface area contributed by atoms with Gasteiger partial charge in [-0.2, -0.15) is 0 Å². The summed E-state index contributed by atoms with van der Waals surface area (Å²) in [4.78, 5) is 0. The third kappa shape index (κ3) is 1.81. The van der Waals surface area contributed by atoms with Gasteiger partial charge in [-0.15, -0.1) is 0 Å².